The summed E-state index contributed by atoms with van der Waals surface area (Å²) in [7, 11) is 0. The smallest absolute Gasteiger partial charge is 0.326 e. The zero-order valence-corrected chi connectivity index (χ0v) is 13.9. The summed E-state index contributed by atoms with van der Waals surface area (Å²) in [6.07, 6.45) is 7.92. The summed E-state index contributed by atoms with van der Waals surface area (Å²) in [4.78, 5) is 20.3. The van der Waals surface area contributed by atoms with Crippen molar-refractivity contribution in [1.29, 1.82) is 0 Å². The molecule has 0 saturated carbocycles. The van der Waals surface area contributed by atoms with Crippen LogP contribution in [0.1, 0.15) is 40.0 Å². The van der Waals surface area contributed by atoms with Gasteiger partial charge in [0.2, 0.25) is 0 Å². The normalized spacial score (nSPS) is 13.7. The highest BCUT2D eigenvalue weighted by Crippen LogP contribution is 2.20. The first kappa shape index (κ1) is 17.9. The highest BCUT2D eigenvalue weighted by atomic mass is 32.2. The van der Waals surface area contributed by atoms with E-state index in [2.05, 4.69) is 15.3 Å². The number of hydrogen-bond acceptors (Lipinski definition) is 6. The Kier molecular flexibility index (Phi) is 8.30. The Morgan fingerprint density at radius 2 is 2.19 bits per heavy atom. The van der Waals surface area contributed by atoms with Crippen LogP contribution in [0.15, 0.2) is 23.6 Å². The molecule has 1 unspecified atom stereocenters. The highest BCUT2D eigenvalue weighted by molar-refractivity contribution is 7.99. The van der Waals surface area contributed by atoms with E-state index in [1.807, 2.05) is 20.8 Å². The lowest BCUT2D eigenvalue weighted by atomic mass is 9.95. The van der Waals surface area contributed by atoms with Crippen LogP contribution in [0.25, 0.3) is 0 Å². The molecule has 1 N–H and O–H groups in total. The molecule has 0 aliphatic carbocycles. The van der Waals surface area contributed by atoms with Crippen LogP contribution in [0.5, 0.6) is 0 Å². The Morgan fingerprint density at radius 1 is 1.38 bits per heavy atom. The molecule has 0 fully saturated rings. The van der Waals surface area contributed by atoms with E-state index in [4.69, 9.17) is 4.74 Å². The average Bonchev–Trinajstić information content (AvgIpc) is 2.48. The van der Waals surface area contributed by atoms with Gasteiger partial charge in [0.05, 0.1) is 12.8 Å². The van der Waals surface area contributed by atoms with Gasteiger partial charge >= 0.3 is 5.97 Å². The summed E-state index contributed by atoms with van der Waals surface area (Å²) in [5.74, 6) is 0.817. The fourth-order valence-corrected chi connectivity index (χ4v) is 2.89. The van der Waals surface area contributed by atoms with Crippen LogP contribution in [0, 0.1) is 0 Å². The van der Waals surface area contributed by atoms with Gasteiger partial charge in [-0.1, -0.05) is 13.3 Å². The second-order valence-electron chi connectivity index (χ2n) is 4.93. The van der Waals surface area contributed by atoms with Gasteiger partial charge in [-0.3, -0.25) is 9.78 Å². The number of nitrogens with zero attached hydrogens (tertiary/aromatic N) is 2. The number of unbranched alkanes of at least 4 members (excludes halogenated alkanes) is 1. The first-order chi connectivity index (χ1) is 10.1. The quantitative estimate of drug-likeness (QED) is 0.407. The minimum Gasteiger partial charge on any atom is -0.465 e. The summed E-state index contributed by atoms with van der Waals surface area (Å²) >= 11 is 1.69. The number of hydrogen-bond donors (Lipinski definition) is 1. The molecule has 1 aromatic rings. The summed E-state index contributed by atoms with van der Waals surface area (Å²) in [5.41, 5.74) is -0.581. The molecule has 0 aromatic carbocycles. The first-order valence-electron chi connectivity index (χ1n) is 7.43. The third kappa shape index (κ3) is 6.44. The Hall–Kier alpha value is -1.14. The van der Waals surface area contributed by atoms with E-state index < -0.39 is 5.54 Å². The van der Waals surface area contributed by atoms with Gasteiger partial charge in [-0.2, -0.15) is 0 Å². The lowest BCUT2D eigenvalue weighted by Crippen LogP contribution is -2.50. The number of esters is 1. The number of thioether (sulfide) groups is 1. The van der Waals surface area contributed by atoms with Crippen molar-refractivity contribution in [2.75, 3.05) is 18.9 Å². The topological polar surface area (TPSA) is 64.1 Å². The predicted octanol–water partition coefficient (Wildman–Crippen LogP) is 2.67. The largest absolute Gasteiger partial charge is 0.465 e. The Bertz CT molecular complexity index is 417. The second-order valence-corrected chi connectivity index (χ2v) is 6.05. The Labute approximate surface area is 131 Å². The van der Waals surface area contributed by atoms with Crippen molar-refractivity contribution in [3.63, 3.8) is 0 Å². The number of ether oxygens (including phenoxy) is 1. The fourth-order valence-electron chi connectivity index (χ4n) is 2.06. The lowest BCUT2D eigenvalue weighted by molar-refractivity contribution is -0.150. The van der Waals surface area contributed by atoms with Gasteiger partial charge in [0.25, 0.3) is 0 Å². The second kappa shape index (κ2) is 9.73. The number of likely N-dealkylation sites (N-methyl/N-ethyl adjacent to an activating group) is 1. The van der Waals surface area contributed by atoms with Crippen molar-refractivity contribution in [3.8, 4) is 0 Å². The maximum Gasteiger partial charge on any atom is 0.326 e. The third-order valence-electron chi connectivity index (χ3n) is 3.15. The van der Waals surface area contributed by atoms with E-state index in [1.165, 1.54) is 0 Å². The van der Waals surface area contributed by atoms with Crippen LogP contribution in [-0.2, 0) is 9.53 Å². The van der Waals surface area contributed by atoms with E-state index in [-0.39, 0.29) is 5.97 Å². The highest BCUT2D eigenvalue weighted by Gasteiger charge is 2.32. The Balaban J connectivity index is 2.31. The molecule has 0 amide bonds. The maximum atomic E-state index is 12.0. The lowest BCUT2D eigenvalue weighted by Gasteiger charge is -2.28. The molecule has 5 nitrogen and oxygen atoms in total. The van der Waals surface area contributed by atoms with Crippen molar-refractivity contribution in [2.24, 2.45) is 0 Å². The molecule has 118 valence electrons. The first-order valence-corrected chi connectivity index (χ1v) is 8.42. The van der Waals surface area contributed by atoms with Crippen LogP contribution in [0.2, 0.25) is 0 Å². The van der Waals surface area contributed by atoms with Crippen LogP contribution in [0.4, 0.5) is 0 Å². The summed E-state index contributed by atoms with van der Waals surface area (Å²) in [6, 6.07) is 0. The van der Waals surface area contributed by atoms with Crippen LogP contribution in [0.3, 0.4) is 0 Å². The molecular formula is C15H25N3O2S. The molecule has 1 heterocycles. The van der Waals surface area contributed by atoms with Gasteiger partial charge in [0, 0.05) is 12.4 Å². The molecule has 0 bridgehead atoms. The van der Waals surface area contributed by atoms with Gasteiger partial charge in [-0.15, -0.1) is 11.8 Å². The maximum absolute atomic E-state index is 12.0. The molecular weight excluding hydrogens is 286 g/mol. The summed E-state index contributed by atoms with van der Waals surface area (Å²) in [6.45, 7) is 6.93. The summed E-state index contributed by atoms with van der Waals surface area (Å²) in [5, 5.41) is 4.19. The van der Waals surface area contributed by atoms with E-state index in [0.29, 0.717) is 6.61 Å². The van der Waals surface area contributed by atoms with Crippen molar-refractivity contribution < 1.29 is 9.53 Å². The molecule has 0 saturated heterocycles. The zero-order valence-electron chi connectivity index (χ0n) is 13.1. The molecule has 0 radical (unpaired) electrons. The van der Waals surface area contributed by atoms with Crippen LogP contribution >= 0.6 is 11.8 Å². The van der Waals surface area contributed by atoms with Gasteiger partial charge < -0.3 is 10.1 Å². The zero-order chi connectivity index (χ0) is 15.6. The van der Waals surface area contributed by atoms with Gasteiger partial charge in [0.15, 0.2) is 0 Å². The molecule has 6 heteroatoms. The standard InChI is InChI=1S/C15H25N3O2S/c1-4-18-15(3,14(19)20-5-2)8-6-7-11-21-13-12-16-9-10-17-13/h9-10,12,18H,4-8,11H2,1-3H3. The number of nitrogens with one attached hydrogen (secondary N) is 1. The molecule has 0 spiro atoms. The molecule has 1 aromatic heterocycles. The minimum absolute atomic E-state index is 0.159. The monoisotopic (exact) mass is 311 g/mol. The van der Waals surface area contributed by atoms with E-state index in [9.17, 15) is 4.79 Å². The van der Waals surface area contributed by atoms with Crippen molar-refractivity contribution in [3.05, 3.63) is 18.6 Å². The number of rotatable bonds is 10. The molecule has 21 heavy (non-hydrogen) atoms. The minimum atomic E-state index is -0.581. The predicted molar refractivity (Wildman–Crippen MR) is 85.3 cm³/mol. The van der Waals surface area contributed by atoms with Gasteiger partial charge in [-0.25, -0.2) is 4.98 Å². The van der Waals surface area contributed by atoms with Crippen molar-refractivity contribution in [2.45, 2.75) is 50.6 Å². The fraction of sp³-hybridized carbons (Fsp3) is 0.667. The third-order valence-corrected chi connectivity index (χ3v) is 4.15. The molecule has 0 aliphatic heterocycles. The van der Waals surface area contributed by atoms with Crippen molar-refractivity contribution >= 4 is 17.7 Å². The molecule has 1 atom stereocenters. The number of carbonyl (C=O) groups is 1. The summed E-state index contributed by atoms with van der Waals surface area (Å²) < 4.78 is 5.16. The molecule has 1 rings (SSSR count). The van der Waals surface area contributed by atoms with E-state index >= 15 is 0 Å². The van der Waals surface area contributed by atoms with Gasteiger partial charge in [0.1, 0.15) is 10.6 Å². The van der Waals surface area contributed by atoms with Crippen LogP contribution in [-0.4, -0.2) is 40.4 Å². The number of aromatic nitrogens is 2. The SMILES string of the molecule is CCNC(C)(CCCCSc1cnccn1)C(=O)OCC. The van der Waals surface area contributed by atoms with E-state index in [1.54, 1.807) is 30.4 Å². The Morgan fingerprint density at radius 3 is 2.81 bits per heavy atom. The molecule has 0 aliphatic rings. The van der Waals surface area contributed by atoms with E-state index in [0.717, 1.165) is 36.6 Å². The van der Waals surface area contributed by atoms with Crippen molar-refractivity contribution in [1.82, 2.24) is 15.3 Å². The average molecular weight is 311 g/mol. The number of carbonyl (C=O) groups excluding carboxylic acids is 1. The van der Waals surface area contributed by atoms with Gasteiger partial charge in [-0.05, 0) is 39.0 Å². The van der Waals surface area contributed by atoms with Crippen LogP contribution < -0.4 is 5.32 Å².